The predicted octanol–water partition coefficient (Wildman–Crippen LogP) is 2.40. The summed E-state index contributed by atoms with van der Waals surface area (Å²) < 4.78 is 4.73. The van der Waals surface area contributed by atoms with Crippen LogP contribution in [0.2, 0.25) is 0 Å². The summed E-state index contributed by atoms with van der Waals surface area (Å²) in [6.45, 7) is 0.706. The Morgan fingerprint density at radius 3 is 2.90 bits per heavy atom. The van der Waals surface area contributed by atoms with Gasteiger partial charge in [0, 0.05) is 18.7 Å². The summed E-state index contributed by atoms with van der Waals surface area (Å²) >= 11 is 0. The molecule has 1 aliphatic heterocycles. The van der Waals surface area contributed by atoms with Crippen LogP contribution in [0.3, 0.4) is 0 Å². The monoisotopic (exact) mass is 286 g/mol. The quantitative estimate of drug-likeness (QED) is 0.937. The molecular weight excluding hydrogens is 268 g/mol. The van der Waals surface area contributed by atoms with Crippen LogP contribution in [-0.2, 0) is 0 Å². The van der Waals surface area contributed by atoms with Crippen LogP contribution in [0.1, 0.15) is 41.4 Å². The molecule has 1 aromatic heterocycles. The smallest absolute Gasteiger partial charge is 0.276 e. The lowest BCUT2D eigenvalue weighted by molar-refractivity contribution is 0.0657. The normalized spacial score (nSPS) is 19.7. The van der Waals surface area contributed by atoms with Gasteiger partial charge in [0.05, 0.1) is 6.10 Å². The first kappa shape index (κ1) is 13.8. The Kier molecular flexibility index (Phi) is 4.01. The first-order valence-corrected chi connectivity index (χ1v) is 7.20. The van der Waals surface area contributed by atoms with Crippen molar-refractivity contribution in [1.82, 2.24) is 10.1 Å². The minimum atomic E-state index is -0.554. The molecule has 0 spiro atoms. The van der Waals surface area contributed by atoms with Crippen molar-refractivity contribution in [3.8, 4) is 0 Å². The molecule has 1 amide bonds. The van der Waals surface area contributed by atoms with Crippen molar-refractivity contribution in [1.29, 1.82) is 0 Å². The number of hydrogen-bond acceptors (Lipinski definition) is 4. The van der Waals surface area contributed by atoms with E-state index in [0.29, 0.717) is 18.7 Å². The molecule has 2 unspecified atom stereocenters. The Hall–Kier alpha value is -2.14. The summed E-state index contributed by atoms with van der Waals surface area (Å²) in [5, 5.41) is 14.0. The van der Waals surface area contributed by atoms with E-state index in [1.165, 1.54) is 6.26 Å². The van der Waals surface area contributed by atoms with E-state index >= 15 is 0 Å². The van der Waals surface area contributed by atoms with Gasteiger partial charge >= 0.3 is 0 Å². The third-order valence-electron chi connectivity index (χ3n) is 3.97. The molecule has 5 nitrogen and oxygen atoms in total. The van der Waals surface area contributed by atoms with Gasteiger partial charge in [0.2, 0.25) is 0 Å². The number of nitrogens with zero attached hydrogens (tertiary/aromatic N) is 2. The average Bonchev–Trinajstić information content (AvgIpc) is 3.19. The summed E-state index contributed by atoms with van der Waals surface area (Å²) in [7, 11) is 0. The number of hydrogen-bond donors (Lipinski definition) is 1. The zero-order valence-electron chi connectivity index (χ0n) is 11.7. The second-order valence-electron chi connectivity index (χ2n) is 5.34. The lowest BCUT2D eigenvalue weighted by atomic mass is 10.0. The maximum absolute atomic E-state index is 12.4. The zero-order chi connectivity index (χ0) is 14.7. The number of aliphatic hydroxyl groups excluding tert-OH is 1. The number of aromatic nitrogens is 1. The average molecular weight is 286 g/mol. The van der Waals surface area contributed by atoms with E-state index in [2.05, 4.69) is 5.16 Å². The fourth-order valence-electron chi connectivity index (χ4n) is 2.89. The van der Waals surface area contributed by atoms with Crippen molar-refractivity contribution in [2.45, 2.75) is 31.4 Å². The van der Waals surface area contributed by atoms with Crippen LogP contribution >= 0.6 is 0 Å². The van der Waals surface area contributed by atoms with Crippen LogP contribution in [0.25, 0.3) is 0 Å². The molecule has 1 N–H and O–H groups in total. The van der Waals surface area contributed by atoms with Crippen LogP contribution in [0, 0.1) is 0 Å². The van der Waals surface area contributed by atoms with Crippen LogP contribution < -0.4 is 0 Å². The van der Waals surface area contributed by atoms with E-state index in [1.54, 1.807) is 11.0 Å². The van der Waals surface area contributed by atoms with Gasteiger partial charge in [-0.2, -0.15) is 0 Å². The topological polar surface area (TPSA) is 66.6 Å². The van der Waals surface area contributed by atoms with Gasteiger partial charge in [-0.1, -0.05) is 35.5 Å². The minimum absolute atomic E-state index is 0.0457. The Balaban J connectivity index is 1.68. The van der Waals surface area contributed by atoms with Crippen LogP contribution in [0.5, 0.6) is 0 Å². The number of carbonyl (C=O) groups is 1. The number of rotatable bonds is 4. The van der Waals surface area contributed by atoms with Crippen molar-refractivity contribution in [2.75, 3.05) is 6.54 Å². The maximum atomic E-state index is 12.4. The SMILES string of the molecule is O=C(c1ccon1)N1CCCC1CC(O)c1ccccc1. The minimum Gasteiger partial charge on any atom is -0.388 e. The lowest BCUT2D eigenvalue weighted by Crippen LogP contribution is -2.36. The molecule has 1 fully saturated rings. The Labute approximate surface area is 123 Å². The maximum Gasteiger partial charge on any atom is 0.276 e. The largest absolute Gasteiger partial charge is 0.388 e. The second-order valence-corrected chi connectivity index (χ2v) is 5.34. The van der Waals surface area contributed by atoms with Crippen molar-refractivity contribution in [2.24, 2.45) is 0 Å². The molecule has 2 heterocycles. The van der Waals surface area contributed by atoms with E-state index in [9.17, 15) is 9.90 Å². The van der Waals surface area contributed by atoms with Crippen molar-refractivity contribution >= 4 is 5.91 Å². The predicted molar refractivity (Wildman–Crippen MR) is 76.6 cm³/mol. The van der Waals surface area contributed by atoms with Gasteiger partial charge < -0.3 is 14.5 Å². The molecule has 1 aliphatic rings. The van der Waals surface area contributed by atoms with Gasteiger partial charge in [0.1, 0.15) is 6.26 Å². The third-order valence-corrected chi connectivity index (χ3v) is 3.97. The van der Waals surface area contributed by atoms with E-state index < -0.39 is 6.10 Å². The van der Waals surface area contributed by atoms with Crippen LogP contribution in [-0.4, -0.2) is 33.7 Å². The fraction of sp³-hybridized carbons (Fsp3) is 0.375. The molecule has 0 saturated carbocycles. The number of likely N-dealkylation sites (tertiary alicyclic amines) is 1. The molecule has 1 saturated heterocycles. The molecule has 0 bridgehead atoms. The van der Waals surface area contributed by atoms with E-state index in [-0.39, 0.29) is 11.9 Å². The highest BCUT2D eigenvalue weighted by atomic mass is 16.5. The molecule has 5 heteroatoms. The second kappa shape index (κ2) is 6.10. The Bertz CT molecular complexity index is 583. The molecule has 110 valence electrons. The molecule has 2 aromatic rings. The molecular formula is C16H18N2O3. The van der Waals surface area contributed by atoms with Gasteiger partial charge in [0.25, 0.3) is 5.91 Å². The highest BCUT2D eigenvalue weighted by molar-refractivity contribution is 5.92. The fourth-order valence-corrected chi connectivity index (χ4v) is 2.89. The summed E-state index contributed by atoms with van der Waals surface area (Å²) in [4.78, 5) is 14.2. The summed E-state index contributed by atoms with van der Waals surface area (Å²) in [6, 6.07) is 11.2. The number of aliphatic hydroxyl groups is 1. The zero-order valence-corrected chi connectivity index (χ0v) is 11.7. The Morgan fingerprint density at radius 1 is 1.38 bits per heavy atom. The Morgan fingerprint density at radius 2 is 2.19 bits per heavy atom. The molecule has 2 atom stereocenters. The molecule has 0 aliphatic carbocycles. The van der Waals surface area contributed by atoms with E-state index in [4.69, 9.17) is 4.52 Å². The standard InChI is InChI=1S/C16H18N2O3/c19-15(12-5-2-1-3-6-12)11-13-7-4-9-18(13)16(20)14-8-10-21-17-14/h1-3,5-6,8,10,13,15,19H,4,7,9,11H2. The number of benzene rings is 1. The van der Waals surface area contributed by atoms with Gasteiger partial charge in [-0.3, -0.25) is 4.79 Å². The number of carbonyl (C=O) groups excluding carboxylic acids is 1. The first-order valence-electron chi connectivity index (χ1n) is 7.20. The van der Waals surface area contributed by atoms with Crippen molar-refractivity contribution in [3.05, 3.63) is 53.9 Å². The van der Waals surface area contributed by atoms with E-state index in [1.807, 2.05) is 30.3 Å². The summed E-state index contributed by atoms with van der Waals surface area (Å²) in [6.07, 6.45) is 3.26. The number of amides is 1. The summed E-state index contributed by atoms with van der Waals surface area (Å²) in [5.74, 6) is -0.119. The molecule has 0 radical (unpaired) electrons. The van der Waals surface area contributed by atoms with Crippen molar-refractivity contribution in [3.63, 3.8) is 0 Å². The highest BCUT2D eigenvalue weighted by Gasteiger charge is 2.32. The van der Waals surface area contributed by atoms with Crippen LogP contribution in [0.4, 0.5) is 0 Å². The van der Waals surface area contributed by atoms with Crippen molar-refractivity contribution < 1.29 is 14.4 Å². The van der Waals surface area contributed by atoms with Gasteiger partial charge in [-0.15, -0.1) is 0 Å². The third kappa shape index (κ3) is 2.97. The van der Waals surface area contributed by atoms with E-state index in [0.717, 1.165) is 18.4 Å². The van der Waals surface area contributed by atoms with Gasteiger partial charge in [-0.05, 0) is 24.8 Å². The van der Waals surface area contributed by atoms with Gasteiger partial charge in [0.15, 0.2) is 5.69 Å². The lowest BCUT2D eigenvalue weighted by Gasteiger charge is -2.26. The highest BCUT2D eigenvalue weighted by Crippen LogP contribution is 2.28. The molecule has 1 aromatic carbocycles. The summed E-state index contributed by atoms with van der Waals surface area (Å²) in [5.41, 5.74) is 1.22. The van der Waals surface area contributed by atoms with Crippen LogP contribution in [0.15, 0.2) is 47.2 Å². The molecule has 21 heavy (non-hydrogen) atoms. The van der Waals surface area contributed by atoms with Gasteiger partial charge in [-0.25, -0.2) is 0 Å². The first-order chi connectivity index (χ1) is 10.3. The molecule has 3 rings (SSSR count).